The first-order valence-corrected chi connectivity index (χ1v) is 6.11. The van der Waals surface area contributed by atoms with Crippen LogP contribution in [0.3, 0.4) is 0 Å². The molecule has 0 spiro atoms. The molecule has 1 unspecified atom stereocenters. The molecule has 1 atom stereocenters. The van der Waals surface area contributed by atoms with Crippen molar-refractivity contribution in [3.8, 4) is 0 Å². The van der Waals surface area contributed by atoms with Crippen LogP contribution in [0.1, 0.15) is 25.0 Å². The van der Waals surface area contributed by atoms with Crippen LogP contribution < -0.4 is 5.32 Å². The molecule has 17 heavy (non-hydrogen) atoms. The predicted octanol–water partition coefficient (Wildman–Crippen LogP) is 3.23. The van der Waals surface area contributed by atoms with E-state index in [2.05, 4.69) is 23.0 Å². The zero-order chi connectivity index (χ0) is 12.5. The van der Waals surface area contributed by atoms with Crippen LogP contribution >= 0.6 is 12.2 Å². The van der Waals surface area contributed by atoms with Gasteiger partial charge in [0.1, 0.15) is 0 Å². The SMILES string of the molecule is C=CCNC(=S)C(CC=CC)c1ccccn1. The summed E-state index contributed by atoms with van der Waals surface area (Å²) >= 11 is 5.40. The van der Waals surface area contributed by atoms with Crippen LogP contribution in [0.2, 0.25) is 0 Å². The first-order valence-electron chi connectivity index (χ1n) is 5.70. The predicted molar refractivity (Wildman–Crippen MR) is 77.2 cm³/mol. The molecule has 0 bridgehead atoms. The van der Waals surface area contributed by atoms with Gasteiger partial charge in [0.15, 0.2) is 0 Å². The standard InChI is InChI=1S/C14H18N2S/c1-3-5-8-12(14(17)16-10-4-2)13-9-6-7-11-15-13/h3-7,9,11-12H,2,8,10H2,1H3,(H,16,17). The van der Waals surface area contributed by atoms with Crippen molar-refractivity contribution >= 4 is 17.2 Å². The van der Waals surface area contributed by atoms with Crippen molar-refractivity contribution in [2.45, 2.75) is 19.3 Å². The van der Waals surface area contributed by atoms with E-state index < -0.39 is 0 Å². The maximum atomic E-state index is 5.40. The summed E-state index contributed by atoms with van der Waals surface area (Å²) in [7, 11) is 0. The molecule has 1 aromatic rings. The van der Waals surface area contributed by atoms with Crippen LogP contribution in [0.15, 0.2) is 49.2 Å². The highest BCUT2D eigenvalue weighted by Gasteiger charge is 2.15. The fourth-order valence-electron chi connectivity index (χ4n) is 1.51. The number of aromatic nitrogens is 1. The second kappa shape index (κ2) is 7.74. The Morgan fingerprint density at radius 3 is 3.00 bits per heavy atom. The molecule has 1 heterocycles. The molecule has 0 radical (unpaired) electrons. The van der Waals surface area contributed by atoms with Crippen LogP contribution in [0.25, 0.3) is 0 Å². The normalized spacial score (nSPS) is 12.3. The molecule has 0 aliphatic rings. The molecule has 0 aromatic carbocycles. The Bertz CT molecular complexity index is 384. The highest BCUT2D eigenvalue weighted by molar-refractivity contribution is 7.80. The lowest BCUT2D eigenvalue weighted by molar-refractivity contribution is 0.833. The van der Waals surface area contributed by atoms with Crippen molar-refractivity contribution in [2.24, 2.45) is 0 Å². The first-order chi connectivity index (χ1) is 8.29. The van der Waals surface area contributed by atoms with Gasteiger partial charge in [0, 0.05) is 12.7 Å². The minimum atomic E-state index is 0.141. The van der Waals surface area contributed by atoms with Crippen molar-refractivity contribution in [1.82, 2.24) is 10.3 Å². The second-order valence-corrected chi connectivity index (χ2v) is 4.09. The quantitative estimate of drug-likeness (QED) is 0.616. The van der Waals surface area contributed by atoms with Crippen molar-refractivity contribution in [2.75, 3.05) is 6.54 Å². The Labute approximate surface area is 108 Å². The van der Waals surface area contributed by atoms with Gasteiger partial charge in [0.2, 0.25) is 0 Å². The minimum absolute atomic E-state index is 0.141. The molecular formula is C14H18N2S. The fourth-order valence-corrected chi connectivity index (χ4v) is 1.81. The molecule has 0 saturated carbocycles. The highest BCUT2D eigenvalue weighted by atomic mass is 32.1. The molecular weight excluding hydrogens is 228 g/mol. The summed E-state index contributed by atoms with van der Waals surface area (Å²) in [5, 5.41) is 3.18. The Kier molecular flexibility index (Phi) is 6.18. The molecule has 0 fully saturated rings. The van der Waals surface area contributed by atoms with Gasteiger partial charge in [-0.2, -0.15) is 0 Å². The highest BCUT2D eigenvalue weighted by Crippen LogP contribution is 2.19. The maximum absolute atomic E-state index is 5.40. The van der Waals surface area contributed by atoms with E-state index in [1.54, 1.807) is 12.3 Å². The summed E-state index contributed by atoms with van der Waals surface area (Å²) in [6.45, 7) is 6.38. The van der Waals surface area contributed by atoms with E-state index in [0.717, 1.165) is 17.1 Å². The number of nitrogens with one attached hydrogen (secondary N) is 1. The van der Waals surface area contributed by atoms with E-state index in [0.29, 0.717) is 6.54 Å². The van der Waals surface area contributed by atoms with Gasteiger partial charge in [0.05, 0.1) is 16.6 Å². The Morgan fingerprint density at radius 1 is 1.59 bits per heavy atom. The molecule has 0 amide bonds. The average Bonchev–Trinajstić information content (AvgIpc) is 2.38. The molecule has 90 valence electrons. The Balaban J connectivity index is 2.80. The van der Waals surface area contributed by atoms with E-state index >= 15 is 0 Å². The third-order valence-electron chi connectivity index (χ3n) is 2.39. The van der Waals surface area contributed by atoms with Gasteiger partial charge in [-0.1, -0.05) is 36.5 Å². The van der Waals surface area contributed by atoms with Crippen LogP contribution in [0, 0.1) is 0 Å². The van der Waals surface area contributed by atoms with Crippen molar-refractivity contribution in [1.29, 1.82) is 0 Å². The summed E-state index contributed by atoms with van der Waals surface area (Å²) < 4.78 is 0. The molecule has 1 aromatic heterocycles. The lowest BCUT2D eigenvalue weighted by Gasteiger charge is -2.16. The van der Waals surface area contributed by atoms with Gasteiger partial charge in [-0.05, 0) is 25.5 Å². The summed E-state index contributed by atoms with van der Waals surface area (Å²) in [4.78, 5) is 5.19. The smallest absolute Gasteiger partial charge is 0.0850 e. The van der Waals surface area contributed by atoms with Crippen LogP contribution in [-0.2, 0) is 0 Å². The molecule has 2 nitrogen and oxygen atoms in total. The molecule has 0 aliphatic heterocycles. The van der Waals surface area contributed by atoms with Gasteiger partial charge in [-0.15, -0.1) is 6.58 Å². The molecule has 1 rings (SSSR count). The zero-order valence-corrected chi connectivity index (χ0v) is 10.9. The monoisotopic (exact) mass is 246 g/mol. The number of thiocarbonyl (C=S) groups is 1. The first kappa shape index (κ1) is 13.6. The third-order valence-corrected chi connectivity index (χ3v) is 2.82. The van der Waals surface area contributed by atoms with Gasteiger partial charge in [0.25, 0.3) is 0 Å². The summed E-state index contributed by atoms with van der Waals surface area (Å²) in [6, 6.07) is 5.91. The van der Waals surface area contributed by atoms with E-state index in [9.17, 15) is 0 Å². The molecule has 0 aliphatic carbocycles. The van der Waals surface area contributed by atoms with Gasteiger partial charge in [-0.3, -0.25) is 4.98 Å². The van der Waals surface area contributed by atoms with E-state index in [1.807, 2.05) is 31.2 Å². The summed E-state index contributed by atoms with van der Waals surface area (Å²) in [5.41, 5.74) is 1.01. The van der Waals surface area contributed by atoms with Gasteiger partial charge >= 0.3 is 0 Å². The zero-order valence-electron chi connectivity index (χ0n) is 10.1. The second-order valence-electron chi connectivity index (χ2n) is 3.65. The lowest BCUT2D eigenvalue weighted by atomic mass is 10.00. The van der Waals surface area contributed by atoms with E-state index in [-0.39, 0.29) is 5.92 Å². The van der Waals surface area contributed by atoms with Gasteiger partial charge in [-0.25, -0.2) is 0 Å². The number of pyridine rings is 1. The molecule has 0 saturated heterocycles. The Hall–Kier alpha value is -1.48. The van der Waals surface area contributed by atoms with Crippen molar-refractivity contribution < 1.29 is 0 Å². The van der Waals surface area contributed by atoms with Crippen molar-refractivity contribution in [3.05, 3.63) is 54.9 Å². The fraction of sp³-hybridized carbons (Fsp3) is 0.286. The van der Waals surface area contributed by atoms with Crippen LogP contribution in [0.4, 0.5) is 0 Å². The average molecular weight is 246 g/mol. The molecule has 3 heteroatoms. The topological polar surface area (TPSA) is 24.9 Å². The third kappa shape index (κ3) is 4.49. The Morgan fingerprint density at radius 2 is 2.41 bits per heavy atom. The number of rotatable bonds is 6. The maximum Gasteiger partial charge on any atom is 0.0850 e. The van der Waals surface area contributed by atoms with Crippen LogP contribution in [0.5, 0.6) is 0 Å². The summed E-state index contributed by atoms with van der Waals surface area (Å²) in [5.74, 6) is 0.141. The lowest BCUT2D eigenvalue weighted by Crippen LogP contribution is -2.28. The van der Waals surface area contributed by atoms with E-state index in [1.165, 1.54) is 0 Å². The number of hydrogen-bond donors (Lipinski definition) is 1. The number of nitrogens with zero attached hydrogens (tertiary/aromatic N) is 1. The molecule has 1 N–H and O–H groups in total. The minimum Gasteiger partial charge on any atom is -0.376 e. The van der Waals surface area contributed by atoms with Crippen LogP contribution in [-0.4, -0.2) is 16.5 Å². The van der Waals surface area contributed by atoms with Gasteiger partial charge < -0.3 is 5.32 Å². The largest absolute Gasteiger partial charge is 0.376 e. The van der Waals surface area contributed by atoms with E-state index in [4.69, 9.17) is 12.2 Å². The van der Waals surface area contributed by atoms with Crippen molar-refractivity contribution in [3.63, 3.8) is 0 Å². The summed E-state index contributed by atoms with van der Waals surface area (Å²) in [6.07, 6.45) is 8.62. The number of allylic oxidation sites excluding steroid dienone is 2. The number of hydrogen-bond acceptors (Lipinski definition) is 2.